The molecule has 0 radical (unpaired) electrons. The molecule has 2 N–H and O–H groups in total. The van der Waals surface area contributed by atoms with E-state index in [4.69, 9.17) is 4.74 Å². The molecule has 22 heavy (non-hydrogen) atoms. The first kappa shape index (κ1) is 23.0. The molecule has 0 fully saturated rings. The van der Waals surface area contributed by atoms with Crippen molar-refractivity contribution in [3.63, 3.8) is 0 Å². The number of ether oxygens (including phenoxy) is 1. The Labute approximate surface area is 136 Å². The number of hydrogen-bond donors (Lipinski definition) is 2. The molecule has 0 aliphatic rings. The van der Waals surface area contributed by atoms with E-state index in [9.17, 15) is 9.59 Å². The number of carbonyl (C=O) groups excluding carboxylic acids is 2. The summed E-state index contributed by atoms with van der Waals surface area (Å²) in [5.74, 6) is 1.65. The van der Waals surface area contributed by atoms with E-state index >= 15 is 0 Å². The van der Waals surface area contributed by atoms with Gasteiger partial charge in [-0.15, -0.1) is 0 Å². The topological polar surface area (TPSA) is 67.4 Å². The largest absolute Gasteiger partial charge is 0.447 e. The van der Waals surface area contributed by atoms with Crippen LogP contribution in [0, 0.1) is 17.8 Å². The highest BCUT2D eigenvalue weighted by molar-refractivity contribution is 5.76. The molecule has 0 aliphatic carbocycles. The lowest BCUT2D eigenvalue weighted by atomic mass is 10.1. The Morgan fingerprint density at radius 3 is 1.59 bits per heavy atom. The number of hydrogen-bond acceptors (Lipinski definition) is 3. The van der Waals surface area contributed by atoms with E-state index in [2.05, 4.69) is 38.3 Å². The van der Waals surface area contributed by atoms with Gasteiger partial charge in [-0.3, -0.25) is 4.79 Å². The monoisotopic (exact) mass is 316 g/mol. The van der Waals surface area contributed by atoms with Gasteiger partial charge in [0.05, 0.1) is 6.10 Å². The van der Waals surface area contributed by atoms with Gasteiger partial charge in [0.2, 0.25) is 5.91 Å². The third-order valence-electron chi connectivity index (χ3n) is 2.30. The zero-order valence-corrected chi connectivity index (χ0v) is 15.7. The molecule has 5 nitrogen and oxygen atoms in total. The van der Waals surface area contributed by atoms with Crippen LogP contribution in [0.15, 0.2) is 0 Å². The van der Waals surface area contributed by atoms with E-state index in [-0.39, 0.29) is 18.1 Å². The SMILES string of the molecule is CC(C)CNC(=O)CC(C)C.CC(C)CNC(=O)OC(C)C. The Bertz CT molecular complexity index is 270. The molecule has 0 saturated heterocycles. The Morgan fingerprint density at radius 1 is 0.773 bits per heavy atom. The van der Waals surface area contributed by atoms with Crippen LogP contribution in [-0.2, 0) is 9.53 Å². The summed E-state index contributed by atoms with van der Waals surface area (Å²) >= 11 is 0. The molecule has 0 spiro atoms. The molecule has 0 rings (SSSR count). The van der Waals surface area contributed by atoms with Crippen LogP contribution in [0.2, 0.25) is 0 Å². The lowest BCUT2D eigenvalue weighted by Crippen LogP contribution is -2.29. The summed E-state index contributed by atoms with van der Waals surface area (Å²) in [7, 11) is 0. The van der Waals surface area contributed by atoms with E-state index in [0.717, 1.165) is 6.54 Å². The highest BCUT2D eigenvalue weighted by Crippen LogP contribution is 1.98. The van der Waals surface area contributed by atoms with Crippen molar-refractivity contribution in [2.75, 3.05) is 13.1 Å². The van der Waals surface area contributed by atoms with Crippen LogP contribution in [0.4, 0.5) is 4.79 Å². The second-order valence-corrected chi connectivity index (χ2v) is 7.02. The van der Waals surface area contributed by atoms with E-state index in [1.807, 2.05) is 27.7 Å². The van der Waals surface area contributed by atoms with Crippen LogP contribution in [0.3, 0.4) is 0 Å². The summed E-state index contributed by atoms with van der Waals surface area (Å²) in [6.07, 6.45) is 0.281. The average Bonchev–Trinajstić information content (AvgIpc) is 2.33. The second-order valence-electron chi connectivity index (χ2n) is 7.02. The van der Waals surface area contributed by atoms with Gasteiger partial charge in [0, 0.05) is 19.5 Å². The van der Waals surface area contributed by atoms with Gasteiger partial charge >= 0.3 is 6.09 Å². The Kier molecular flexibility index (Phi) is 14.0. The summed E-state index contributed by atoms with van der Waals surface area (Å²) in [5.41, 5.74) is 0. The quantitative estimate of drug-likeness (QED) is 0.754. The van der Waals surface area contributed by atoms with Gasteiger partial charge in [-0.1, -0.05) is 41.5 Å². The maximum atomic E-state index is 11.0. The first-order chi connectivity index (χ1) is 10.0. The van der Waals surface area contributed by atoms with Crippen LogP contribution in [0.5, 0.6) is 0 Å². The number of alkyl carbamates (subject to hydrolysis) is 1. The zero-order chi connectivity index (χ0) is 17.7. The van der Waals surface area contributed by atoms with Crippen molar-refractivity contribution in [2.45, 2.75) is 67.9 Å². The maximum absolute atomic E-state index is 11.0. The summed E-state index contributed by atoms with van der Waals surface area (Å²) in [4.78, 5) is 21.9. The summed E-state index contributed by atoms with van der Waals surface area (Å²) in [6.45, 7) is 17.5. The molecule has 2 amide bonds. The number of carbonyl (C=O) groups is 2. The summed E-state index contributed by atoms with van der Waals surface area (Å²) in [5, 5.41) is 5.53. The van der Waals surface area contributed by atoms with Gasteiger partial charge < -0.3 is 15.4 Å². The average molecular weight is 316 g/mol. The minimum Gasteiger partial charge on any atom is -0.447 e. The molecule has 0 aromatic rings. The maximum Gasteiger partial charge on any atom is 0.407 e. The molecule has 0 aromatic carbocycles. The van der Waals surface area contributed by atoms with Crippen LogP contribution in [0.25, 0.3) is 0 Å². The Balaban J connectivity index is 0. The molecule has 132 valence electrons. The third kappa shape index (κ3) is 21.0. The molecule has 0 saturated carbocycles. The van der Waals surface area contributed by atoms with Crippen molar-refractivity contribution in [2.24, 2.45) is 17.8 Å². The van der Waals surface area contributed by atoms with Gasteiger partial charge in [-0.05, 0) is 31.6 Å². The fourth-order valence-electron chi connectivity index (χ4n) is 1.30. The first-order valence-electron chi connectivity index (χ1n) is 8.25. The molecular formula is C17H36N2O3. The summed E-state index contributed by atoms with van der Waals surface area (Å²) in [6, 6.07) is 0. The molecule has 0 unspecified atom stereocenters. The molecule has 0 aliphatic heterocycles. The standard InChI is InChI=1S/C9H19NO.C8H17NO2/c1-7(2)5-9(11)10-6-8(3)4;1-6(2)5-9-8(10)11-7(3)4/h7-8H,5-6H2,1-4H3,(H,10,11);6-7H,5H2,1-4H3,(H,9,10). The second kappa shape index (κ2) is 13.4. The van der Waals surface area contributed by atoms with Crippen molar-refractivity contribution in [3.05, 3.63) is 0 Å². The lowest BCUT2D eigenvalue weighted by molar-refractivity contribution is -0.121. The van der Waals surface area contributed by atoms with Crippen LogP contribution < -0.4 is 10.6 Å². The van der Waals surface area contributed by atoms with E-state index in [1.165, 1.54) is 0 Å². The van der Waals surface area contributed by atoms with Crippen molar-refractivity contribution in [1.29, 1.82) is 0 Å². The minimum absolute atomic E-state index is 0.0397. The smallest absolute Gasteiger partial charge is 0.407 e. The number of rotatable bonds is 7. The molecule has 0 aromatic heterocycles. The number of amides is 2. The van der Waals surface area contributed by atoms with Gasteiger partial charge in [0.25, 0.3) is 0 Å². The highest BCUT2D eigenvalue weighted by atomic mass is 16.6. The third-order valence-corrected chi connectivity index (χ3v) is 2.30. The van der Waals surface area contributed by atoms with Crippen LogP contribution in [0.1, 0.15) is 61.8 Å². The highest BCUT2D eigenvalue weighted by Gasteiger charge is 2.04. The summed E-state index contributed by atoms with van der Waals surface area (Å²) < 4.78 is 4.85. The van der Waals surface area contributed by atoms with Gasteiger partial charge in [0.15, 0.2) is 0 Å². The van der Waals surface area contributed by atoms with Crippen molar-refractivity contribution < 1.29 is 14.3 Å². The van der Waals surface area contributed by atoms with E-state index < -0.39 is 0 Å². The van der Waals surface area contributed by atoms with E-state index in [1.54, 1.807) is 0 Å². The van der Waals surface area contributed by atoms with Gasteiger partial charge in [-0.2, -0.15) is 0 Å². The van der Waals surface area contributed by atoms with Crippen LogP contribution in [-0.4, -0.2) is 31.2 Å². The van der Waals surface area contributed by atoms with Gasteiger partial charge in [0.1, 0.15) is 0 Å². The fourth-order valence-corrected chi connectivity index (χ4v) is 1.30. The normalized spacial score (nSPS) is 10.5. The van der Waals surface area contributed by atoms with Crippen molar-refractivity contribution in [1.82, 2.24) is 10.6 Å². The molecule has 0 atom stereocenters. The van der Waals surface area contributed by atoms with Crippen molar-refractivity contribution in [3.8, 4) is 0 Å². The predicted molar refractivity (Wildman–Crippen MR) is 91.8 cm³/mol. The van der Waals surface area contributed by atoms with Gasteiger partial charge in [-0.25, -0.2) is 4.79 Å². The molecule has 0 bridgehead atoms. The minimum atomic E-state index is -0.325. The van der Waals surface area contributed by atoms with Crippen molar-refractivity contribution >= 4 is 12.0 Å². The molecule has 5 heteroatoms. The predicted octanol–water partition coefficient (Wildman–Crippen LogP) is 3.58. The van der Waals surface area contributed by atoms with Crippen LogP contribution >= 0.6 is 0 Å². The Morgan fingerprint density at radius 2 is 1.23 bits per heavy atom. The zero-order valence-electron chi connectivity index (χ0n) is 15.7. The van der Waals surface area contributed by atoms with E-state index in [0.29, 0.717) is 30.7 Å². The fraction of sp³-hybridized carbons (Fsp3) is 0.882. The lowest BCUT2D eigenvalue weighted by Gasteiger charge is -2.10. The molecule has 0 heterocycles. The molecular weight excluding hydrogens is 280 g/mol. The number of nitrogens with one attached hydrogen (secondary N) is 2. The Hall–Kier alpha value is -1.26. The first-order valence-corrected chi connectivity index (χ1v) is 8.25.